The van der Waals surface area contributed by atoms with Gasteiger partial charge in [-0.25, -0.2) is 13.4 Å². The summed E-state index contributed by atoms with van der Waals surface area (Å²) in [5.74, 6) is 0.101. The summed E-state index contributed by atoms with van der Waals surface area (Å²) in [7, 11) is -3.11. The molecule has 0 saturated heterocycles. The number of hydrogen-bond donors (Lipinski definition) is 1. The zero-order chi connectivity index (χ0) is 16.9. The summed E-state index contributed by atoms with van der Waals surface area (Å²) in [5, 5.41) is 0.155. The van der Waals surface area contributed by atoms with E-state index in [1.807, 2.05) is 12.1 Å². The average molecular weight is 332 g/mol. The largest absolute Gasteiger partial charge is 0.423 e. The van der Waals surface area contributed by atoms with Crippen LogP contribution in [0.3, 0.4) is 0 Å². The number of benzene rings is 1. The molecule has 1 atom stereocenters. The maximum Gasteiger partial charge on any atom is 0.324 e. The second-order valence-electron chi connectivity index (χ2n) is 5.20. The van der Waals surface area contributed by atoms with E-state index in [1.165, 1.54) is 23.3 Å². The Kier molecular flexibility index (Phi) is 5.93. The molecule has 2 aromatic rings. The van der Waals surface area contributed by atoms with E-state index >= 15 is 0 Å². The fourth-order valence-corrected chi connectivity index (χ4v) is 3.23. The molecule has 0 radical (unpaired) electrons. The van der Waals surface area contributed by atoms with Crippen LogP contribution in [0.15, 0.2) is 53.7 Å². The maximum absolute atomic E-state index is 11.1. The third kappa shape index (κ3) is 4.19. The minimum atomic E-state index is -3.11. The molecule has 3 rings (SSSR count). The number of aromatic nitrogens is 1. The normalized spacial score (nSPS) is 16.5. The molecule has 23 heavy (non-hydrogen) atoms. The van der Waals surface area contributed by atoms with Crippen LogP contribution in [0.2, 0.25) is 6.82 Å². The Bertz CT molecular complexity index is 738. The van der Waals surface area contributed by atoms with Crippen LogP contribution in [0.4, 0.5) is 0 Å². The van der Waals surface area contributed by atoms with Crippen molar-refractivity contribution in [1.82, 2.24) is 4.98 Å². The highest BCUT2D eigenvalue weighted by Gasteiger charge is 2.29. The Hall–Kier alpha value is -1.70. The van der Waals surface area contributed by atoms with Gasteiger partial charge in [0, 0.05) is 12.7 Å². The van der Waals surface area contributed by atoms with E-state index < -0.39 is 9.84 Å². The Morgan fingerprint density at radius 1 is 1.22 bits per heavy atom. The first-order chi connectivity index (χ1) is 11.0. The van der Waals surface area contributed by atoms with Crippen LogP contribution in [0.5, 0.6) is 0 Å². The van der Waals surface area contributed by atoms with Crippen LogP contribution in [0, 0.1) is 0 Å². The van der Waals surface area contributed by atoms with Crippen molar-refractivity contribution in [3.63, 3.8) is 0 Å². The van der Waals surface area contributed by atoms with Gasteiger partial charge < -0.3 is 10.4 Å². The number of rotatable bonds is 3. The number of hydrogen-bond acceptors (Lipinski definition) is 5. The fourth-order valence-electron chi connectivity index (χ4n) is 2.43. The lowest BCUT2D eigenvalue weighted by molar-refractivity contribution is 0.235. The van der Waals surface area contributed by atoms with Gasteiger partial charge in [0.2, 0.25) is 0 Å². The third-order valence-corrected chi connectivity index (χ3v) is 5.34. The summed E-state index contributed by atoms with van der Waals surface area (Å²) in [5.41, 5.74) is 8.13. The van der Waals surface area contributed by atoms with Gasteiger partial charge in [-0.3, -0.25) is 0 Å². The second-order valence-corrected chi connectivity index (χ2v) is 7.43. The highest BCUT2D eigenvalue weighted by molar-refractivity contribution is 7.91. The molecule has 0 amide bonds. The minimum absolute atomic E-state index is 0.101. The van der Waals surface area contributed by atoms with Crippen molar-refractivity contribution in [2.45, 2.75) is 24.9 Å². The molecule has 5 nitrogen and oxygen atoms in total. The lowest BCUT2D eigenvalue weighted by atomic mass is 9.64. The molecule has 0 saturated carbocycles. The van der Waals surface area contributed by atoms with Gasteiger partial charge in [0.15, 0.2) is 14.9 Å². The first-order valence-electron chi connectivity index (χ1n) is 7.57. The molecule has 0 spiro atoms. The summed E-state index contributed by atoms with van der Waals surface area (Å²) in [6.45, 7) is 4.44. The van der Waals surface area contributed by atoms with Crippen LogP contribution < -0.4 is 11.2 Å². The molecule has 122 valence electrons. The zero-order valence-corrected chi connectivity index (χ0v) is 14.2. The number of pyridine rings is 1. The molecule has 2 heterocycles. The molecule has 0 fully saturated rings. The van der Waals surface area contributed by atoms with Gasteiger partial charge in [-0.2, -0.15) is 0 Å². The van der Waals surface area contributed by atoms with Gasteiger partial charge in [0.05, 0.1) is 11.9 Å². The number of nitrogens with two attached hydrogens (primary N) is 1. The van der Waals surface area contributed by atoms with E-state index in [2.05, 4.69) is 23.9 Å². The molecule has 0 aliphatic carbocycles. The van der Waals surface area contributed by atoms with Crippen molar-refractivity contribution in [3.8, 4) is 0 Å². The molecule has 0 unspecified atom stereocenters. The molecule has 7 heteroatoms. The van der Waals surface area contributed by atoms with Crippen molar-refractivity contribution in [2.24, 2.45) is 5.73 Å². The van der Waals surface area contributed by atoms with E-state index in [4.69, 9.17) is 10.4 Å². The van der Waals surface area contributed by atoms with Crippen LogP contribution in [0.25, 0.3) is 0 Å². The first kappa shape index (κ1) is 17.7. The molecule has 2 N–H and O–H groups in total. The Morgan fingerprint density at radius 3 is 2.52 bits per heavy atom. The van der Waals surface area contributed by atoms with Crippen molar-refractivity contribution in [3.05, 3.63) is 54.2 Å². The number of fused-ring (bicyclic) bond motifs is 1. The van der Waals surface area contributed by atoms with Crippen molar-refractivity contribution >= 4 is 22.2 Å². The predicted octanol–water partition coefficient (Wildman–Crippen LogP) is 1.42. The Labute approximate surface area is 137 Å². The van der Waals surface area contributed by atoms with E-state index in [-0.39, 0.29) is 23.8 Å². The summed E-state index contributed by atoms with van der Waals surface area (Å²) in [6.07, 6.45) is 1.58. The predicted molar refractivity (Wildman–Crippen MR) is 92.5 cm³/mol. The molecule has 1 aromatic heterocycles. The molecular formula is C16H21BN2O3S. The fraction of sp³-hybridized carbons (Fsp3) is 0.312. The van der Waals surface area contributed by atoms with Crippen molar-refractivity contribution < 1.29 is 13.1 Å². The summed E-state index contributed by atoms with van der Waals surface area (Å²) in [6, 6.07) is 13.1. The van der Waals surface area contributed by atoms with Crippen molar-refractivity contribution in [1.29, 1.82) is 0 Å². The highest BCUT2D eigenvalue weighted by atomic mass is 32.2. The average Bonchev–Trinajstić information content (AvgIpc) is 2.93. The SMILES string of the molecule is CB1O[C@H](CN)c2ccccc21.CCS(=O)(=O)c1ccccn1. The van der Waals surface area contributed by atoms with E-state index in [0.29, 0.717) is 6.54 Å². The van der Waals surface area contributed by atoms with Gasteiger partial charge in [-0.05, 0) is 23.2 Å². The third-order valence-electron chi connectivity index (χ3n) is 3.70. The van der Waals surface area contributed by atoms with Crippen LogP contribution in [-0.4, -0.2) is 32.6 Å². The topological polar surface area (TPSA) is 82.3 Å². The van der Waals surface area contributed by atoms with Gasteiger partial charge in [-0.1, -0.05) is 44.1 Å². The van der Waals surface area contributed by atoms with Crippen LogP contribution in [-0.2, 0) is 14.5 Å². The molecular weight excluding hydrogens is 311 g/mol. The second kappa shape index (κ2) is 7.72. The molecule has 0 bridgehead atoms. The van der Waals surface area contributed by atoms with Gasteiger partial charge in [0.1, 0.15) is 0 Å². The van der Waals surface area contributed by atoms with Crippen LogP contribution >= 0.6 is 0 Å². The van der Waals surface area contributed by atoms with Crippen LogP contribution in [0.1, 0.15) is 18.6 Å². The molecule has 1 aliphatic heterocycles. The standard InChI is InChI=1S/C9H12BNO.C7H9NO2S/c1-10-8-5-3-2-4-7(8)9(6-11)12-10;1-2-11(9,10)7-5-3-4-6-8-7/h2-5,9H,6,11H2,1H3;3-6H,2H2,1H3/t9-;/m1./s1. The van der Waals surface area contributed by atoms with E-state index in [1.54, 1.807) is 19.1 Å². The van der Waals surface area contributed by atoms with Gasteiger partial charge >= 0.3 is 6.92 Å². The molecule has 1 aliphatic rings. The smallest absolute Gasteiger partial charge is 0.324 e. The van der Waals surface area contributed by atoms with E-state index in [9.17, 15) is 8.42 Å². The van der Waals surface area contributed by atoms with Gasteiger partial charge in [-0.15, -0.1) is 0 Å². The Balaban J connectivity index is 0.000000168. The quantitative estimate of drug-likeness (QED) is 0.860. The highest BCUT2D eigenvalue weighted by Crippen LogP contribution is 2.22. The molecule has 1 aromatic carbocycles. The number of sulfone groups is 1. The Morgan fingerprint density at radius 2 is 1.91 bits per heavy atom. The lowest BCUT2D eigenvalue weighted by Crippen LogP contribution is -2.23. The summed E-state index contributed by atoms with van der Waals surface area (Å²) < 4.78 is 27.9. The monoisotopic (exact) mass is 332 g/mol. The lowest BCUT2D eigenvalue weighted by Gasteiger charge is -2.08. The maximum atomic E-state index is 11.1. The van der Waals surface area contributed by atoms with Gasteiger partial charge in [0.25, 0.3) is 0 Å². The van der Waals surface area contributed by atoms with Crippen molar-refractivity contribution in [2.75, 3.05) is 12.3 Å². The van der Waals surface area contributed by atoms with E-state index in [0.717, 1.165) is 0 Å². The zero-order valence-electron chi connectivity index (χ0n) is 13.3. The minimum Gasteiger partial charge on any atom is -0.423 e. The first-order valence-corrected chi connectivity index (χ1v) is 9.23. The summed E-state index contributed by atoms with van der Waals surface area (Å²) >= 11 is 0. The number of nitrogens with zero attached hydrogens (tertiary/aromatic N) is 1. The summed E-state index contributed by atoms with van der Waals surface area (Å²) in [4.78, 5) is 3.73.